The predicted molar refractivity (Wildman–Crippen MR) is 85.0 cm³/mol. The van der Waals surface area contributed by atoms with E-state index in [0.717, 1.165) is 10.2 Å². The van der Waals surface area contributed by atoms with Gasteiger partial charge in [-0.3, -0.25) is 9.69 Å². The van der Waals surface area contributed by atoms with Crippen LogP contribution in [0, 0.1) is 11.3 Å². The molecule has 1 rings (SSSR count). The number of nitrogens with zero attached hydrogens (tertiary/aromatic N) is 3. The van der Waals surface area contributed by atoms with Crippen molar-refractivity contribution in [2.24, 2.45) is 0 Å². The standard InChI is InChI=1S/C15H20BrN3O2/c1-18(9-3-8-17)12-15(20)19(2)10-11-21-14-6-4-13(16)5-7-14/h4-7H,3,9-12H2,1-2H3. The average Bonchev–Trinajstić information content (AvgIpc) is 2.47. The van der Waals surface area contributed by atoms with E-state index in [1.807, 2.05) is 36.2 Å². The number of nitriles is 1. The summed E-state index contributed by atoms with van der Waals surface area (Å²) >= 11 is 3.36. The van der Waals surface area contributed by atoms with Crippen molar-refractivity contribution in [3.63, 3.8) is 0 Å². The number of carbonyl (C=O) groups is 1. The first-order chi connectivity index (χ1) is 10.0. The highest BCUT2D eigenvalue weighted by Gasteiger charge is 2.11. The Hall–Kier alpha value is -1.58. The van der Waals surface area contributed by atoms with Crippen LogP contribution in [0.4, 0.5) is 0 Å². The van der Waals surface area contributed by atoms with E-state index in [1.54, 1.807) is 11.9 Å². The van der Waals surface area contributed by atoms with Crippen LogP contribution in [0.2, 0.25) is 0 Å². The van der Waals surface area contributed by atoms with Gasteiger partial charge in [-0.25, -0.2) is 0 Å². The topological polar surface area (TPSA) is 56.6 Å². The Morgan fingerprint density at radius 1 is 1.29 bits per heavy atom. The highest BCUT2D eigenvalue weighted by Crippen LogP contribution is 2.15. The minimum absolute atomic E-state index is 0.0230. The van der Waals surface area contributed by atoms with Gasteiger partial charge in [0.25, 0.3) is 0 Å². The molecule has 0 saturated heterocycles. The SMILES string of the molecule is CN(CCC#N)CC(=O)N(C)CCOc1ccc(Br)cc1. The third kappa shape index (κ3) is 7.11. The Morgan fingerprint density at radius 2 is 1.95 bits per heavy atom. The highest BCUT2D eigenvalue weighted by molar-refractivity contribution is 9.10. The van der Waals surface area contributed by atoms with Crippen LogP contribution in [0.3, 0.4) is 0 Å². The van der Waals surface area contributed by atoms with Gasteiger partial charge in [-0.15, -0.1) is 0 Å². The molecule has 0 N–H and O–H groups in total. The molecule has 1 aromatic carbocycles. The van der Waals surface area contributed by atoms with Crippen molar-refractivity contribution in [1.29, 1.82) is 5.26 Å². The molecule has 0 atom stereocenters. The van der Waals surface area contributed by atoms with E-state index in [2.05, 4.69) is 22.0 Å². The Kier molecular flexibility index (Phi) is 7.80. The first-order valence-electron chi connectivity index (χ1n) is 6.70. The van der Waals surface area contributed by atoms with Gasteiger partial charge < -0.3 is 9.64 Å². The molecule has 0 saturated carbocycles. The normalized spacial score (nSPS) is 10.2. The predicted octanol–water partition coefficient (Wildman–Crippen LogP) is 2.13. The number of amides is 1. The van der Waals surface area contributed by atoms with Gasteiger partial charge in [-0.05, 0) is 31.3 Å². The smallest absolute Gasteiger partial charge is 0.236 e. The molecule has 0 fully saturated rings. The Labute approximate surface area is 134 Å². The summed E-state index contributed by atoms with van der Waals surface area (Å²) in [6.45, 7) is 1.90. The summed E-state index contributed by atoms with van der Waals surface area (Å²) in [5.41, 5.74) is 0. The van der Waals surface area contributed by atoms with Crippen LogP contribution in [-0.2, 0) is 4.79 Å². The van der Waals surface area contributed by atoms with Gasteiger partial charge in [0.05, 0.1) is 19.2 Å². The molecule has 114 valence electrons. The summed E-state index contributed by atoms with van der Waals surface area (Å²) in [5, 5.41) is 8.51. The molecule has 0 aliphatic rings. The summed E-state index contributed by atoms with van der Waals surface area (Å²) in [4.78, 5) is 15.4. The number of halogens is 1. The largest absolute Gasteiger partial charge is 0.492 e. The number of rotatable bonds is 8. The number of likely N-dealkylation sites (N-methyl/N-ethyl adjacent to an activating group) is 2. The molecule has 0 aromatic heterocycles. The molecule has 6 heteroatoms. The first-order valence-corrected chi connectivity index (χ1v) is 7.50. The lowest BCUT2D eigenvalue weighted by atomic mass is 10.3. The number of benzene rings is 1. The first kappa shape index (κ1) is 17.5. The van der Waals surface area contributed by atoms with Crippen molar-refractivity contribution in [3.8, 4) is 11.8 Å². The molecule has 0 radical (unpaired) electrons. The minimum atomic E-state index is 0.0230. The maximum Gasteiger partial charge on any atom is 0.236 e. The van der Waals surface area contributed by atoms with Crippen LogP contribution in [0.1, 0.15) is 6.42 Å². The zero-order valence-corrected chi connectivity index (χ0v) is 14.0. The number of carbonyl (C=O) groups excluding carboxylic acids is 1. The van der Waals surface area contributed by atoms with E-state index < -0.39 is 0 Å². The lowest BCUT2D eigenvalue weighted by molar-refractivity contribution is -0.131. The fourth-order valence-electron chi connectivity index (χ4n) is 1.63. The van der Waals surface area contributed by atoms with Gasteiger partial charge in [0.2, 0.25) is 5.91 Å². The zero-order chi connectivity index (χ0) is 15.7. The molecule has 0 unspecified atom stereocenters. The van der Waals surface area contributed by atoms with Crippen molar-refractivity contribution in [1.82, 2.24) is 9.80 Å². The van der Waals surface area contributed by atoms with E-state index in [-0.39, 0.29) is 5.91 Å². The monoisotopic (exact) mass is 353 g/mol. The molecule has 0 aliphatic carbocycles. The number of hydrogen-bond acceptors (Lipinski definition) is 4. The fourth-order valence-corrected chi connectivity index (χ4v) is 1.89. The van der Waals surface area contributed by atoms with E-state index in [9.17, 15) is 4.79 Å². The second kappa shape index (κ2) is 9.37. The minimum Gasteiger partial charge on any atom is -0.492 e. The van der Waals surface area contributed by atoms with Crippen LogP contribution >= 0.6 is 15.9 Å². The van der Waals surface area contributed by atoms with Gasteiger partial charge in [-0.2, -0.15) is 5.26 Å². The molecule has 21 heavy (non-hydrogen) atoms. The van der Waals surface area contributed by atoms with Gasteiger partial charge >= 0.3 is 0 Å². The second-order valence-corrected chi connectivity index (χ2v) is 5.68. The van der Waals surface area contributed by atoms with Gasteiger partial charge in [-0.1, -0.05) is 15.9 Å². The highest BCUT2D eigenvalue weighted by atomic mass is 79.9. The quantitative estimate of drug-likeness (QED) is 0.718. The Balaban J connectivity index is 2.26. The van der Waals surface area contributed by atoms with Crippen LogP contribution < -0.4 is 4.74 Å². The van der Waals surface area contributed by atoms with Gasteiger partial charge in [0.15, 0.2) is 0 Å². The summed E-state index contributed by atoms with van der Waals surface area (Å²) in [5.74, 6) is 0.806. The van der Waals surface area contributed by atoms with Crippen molar-refractivity contribution in [2.75, 3.05) is 40.3 Å². The maximum absolute atomic E-state index is 11.9. The molecule has 1 amide bonds. The fraction of sp³-hybridized carbons (Fsp3) is 0.467. The average molecular weight is 354 g/mol. The third-order valence-corrected chi connectivity index (χ3v) is 3.47. The van der Waals surface area contributed by atoms with Gasteiger partial charge in [0.1, 0.15) is 12.4 Å². The Morgan fingerprint density at radius 3 is 2.57 bits per heavy atom. The van der Waals surface area contributed by atoms with E-state index in [1.165, 1.54) is 0 Å². The molecule has 1 aromatic rings. The molecular weight excluding hydrogens is 334 g/mol. The maximum atomic E-state index is 11.9. The van der Waals surface area contributed by atoms with Crippen molar-refractivity contribution in [3.05, 3.63) is 28.7 Å². The summed E-state index contributed by atoms with van der Waals surface area (Å²) in [7, 11) is 3.59. The number of ether oxygens (including phenoxy) is 1. The molecule has 0 spiro atoms. The molecule has 0 bridgehead atoms. The summed E-state index contributed by atoms with van der Waals surface area (Å²) in [6, 6.07) is 9.64. The van der Waals surface area contributed by atoms with Crippen LogP contribution in [0.15, 0.2) is 28.7 Å². The van der Waals surface area contributed by atoms with Crippen molar-refractivity contribution >= 4 is 21.8 Å². The lowest BCUT2D eigenvalue weighted by Gasteiger charge is -2.21. The Bertz CT molecular complexity index is 485. The molecule has 0 heterocycles. The molecule has 5 nitrogen and oxygen atoms in total. The molecule has 0 aliphatic heterocycles. The van der Waals surface area contributed by atoms with Crippen LogP contribution in [-0.4, -0.2) is 56.0 Å². The van der Waals surface area contributed by atoms with E-state index in [4.69, 9.17) is 10.00 Å². The van der Waals surface area contributed by atoms with E-state index >= 15 is 0 Å². The molecular formula is C15H20BrN3O2. The second-order valence-electron chi connectivity index (χ2n) is 4.76. The zero-order valence-electron chi connectivity index (χ0n) is 12.4. The van der Waals surface area contributed by atoms with Gasteiger partial charge in [0, 0.05) is 24.5 Å². The lowest BCUT2D eigenvalue weighted by Crippen LogP contribution is -2.38. The summed E-state index contributed by atoms with van der Waals surface area (Å²) < 4.78 is 6.58. The van der Waals surface area contributed by atoms with E-state index in [0.29, 0.717) is 32.7 Å². The van der Waals surface area contributed by atoms with Crippen LogP contribution in [0.5, 0.6) is 5.75 Å². The third-order valence-electron chi connectivity index (χ3n) is 2.95. The number of hydrogen-bond donors (Lipinski definition) is 0. The summed E-state index contributed by atoms with van der Waals surface area (Å²) in [6.07, 6.45) is 0.431. The van der Waals surface area contributed by atoms with Crippen LogP contribution in [0.25, 0.3) is 0 Å². The van der Waals surface area contributed by atoms with Crippen molar-refractivity contribution in [2.45, 2.75) is 6.42 Å². The van der Waals surface area contributed by atoms with Crippen molar-refractivity contribution < 1.29 is 9.53 Å².